The van der Waals surface area contributed by atoms with E-state index in [0.717, 1.165) is 0 Å². The lowest BCUT2D eigenvalue weighted by Gasteiger charge is -1.97. The van der Waals surface area contributed by atoms with Crippen molar-refractivity contribution in [2.75, 3.05) is 0 Å². The molecule has 0 heterocycles. The van der Waals surface area contributed by atoms with Gasteiger partial charge in [0.15, 0.2) is 6.29 Å². The van der Waals surface area contributed by atoms with Crippen LogP contribution in [-0.4, -0.2) is 23.9 Å². The van der Waals surface area contributed by atoms with E-state index < -0.39 is 0 Å². The van der Waals surface area contributed by atoms with Gasteiger partial charge >= 0.3 is 0 Å². The Morgan fingerprint density at radius 3 is 2.30 bits per heavy atom. The summed E-state index contributed by atoms with van der Waals surface area (Å²) in [4.78, 5) is 13.9. The normalized spacial score (nSPS) is 11.7. The molecule has 0 saturated heterocycles. The van der Waals surface area contributed by atoms with Crippen molar-refractivity contribution >= 4 is 17.8 Å². The van der Waals surface area contributed by atoms with Crippen LogP contribution < -0.4 is 5.73 Å². The van der Waals surface area contributed by atoms with Crippen LogP contribution in [0.5, 0.6) is 0 Å². The van der Waals surface area contributed by atoms with E-state index in [4.69, 9.17) is 11.1 Å². The lowest BCUT2D eigenvalue weighted by molar-refractivity contribution is -0.102. The number of aliphatic imine (C=N–C) groups is 1. The topological polar surface area (TPSA) is 79.3 Å². The zero-order valence-corrected chi connectivity index (χ0v) is 6.09. The number of aldehydes is 1. The maximum atomic E-state index is 10.1. The van der Waals surface area contributed by atoms with Crippen LogP contribution in [0.4, 0.5) is 0 Å². The third kappa shape index (κ3) is 2.96. The molecule has 0 atom stereocenters. The van der Waals surface area contributed by atoms with E-state index >= 15 is 0 Å². The maximum absolute atomic E-state index is 10.1. The van der Waals surface area contributed by atoms with Gasteiger partial charge in [-0.3, -0.25) is 15.2 Å². The summed E-state index contributed by atoms with van der Waals surface area (Å²) in [5.74, 6) is -0.274. The Bertz CT molecular complexity index is 172. The van der Waals surface area contributed by atoms with Gasteiger partial charge in [-0.2, -0.15) is 0 Å². The Labute approximate surface area is 59.6 Å². The first-order valence-corrected chi connectivity index (χ1v) is 2.95. The minimum atomic E-state index is -0.274. The van der Waals surface area contributed by atoms with E-state index in [1.807, 2.05) is 13.8 Å². The highest BCUT2D eigenvalue weighted by atomic mass is 16.1. The molecule has 0 aromatic heterocycles. The van der Waals surface area contributed by atoms with Crippen LogP contribution in [0, 0.1) is 5.41 Å². The average molecular weight is 141 g/mol. The number of carbonyl (C=O) groups is 1. The van der Waals surface area contributed by atoms with E-state index in [0.29, 0.717) is 6.29 Å². The molecular formula is C6H11N3O. The van der Waals surface area contributed by atoms with Gasteiger partial charge in [0, 0.05) is 6.04 Å². The van der Waals surface area contributed by atoms with Crippen LogP contribution in [0.3, 0.4) is 0 Å². The molecule has 0 fully saturated rings. The largest absolute Gasteiger partial charge is 0.382 e. The first kappa shape index (κ1) is 8.81. The molecule has 0 aliphatic rings. The highest BCUT2D eigenvalue weighted by Crippen LogP contribution is 1.86. The second-order valence-electron chi connectivity index (χ2n) is 2.14. The van der Waals surface area contributed by atoms with Gasteiger partial charge < -0.3 is 5.73 Å². The van der Waals surface area contributed by atoms with E-state index in [1.54, 1.807) is 0 Å². The molecule has 0 radical (unpaired) electrons. The minimum absolute atomic E-state index is 0.00380. The fraction of sp³-hybridized carbons (Fsp3) is 0.500. The van der Waals surface area contributed by atoms with Gasteiger partial charge in [0.25, 0.3) is 0 Å². The SMILES string of the molecule is CC(C)N=C(C=O)C(=N)N. The summed E-state index contributed by atoms with van der Waals surface area (Å²) in [6.07, 6.45) is 0.488. The zero-order chi connectivity index (χ0) is 8.15. The molecule has 4 heteroatoms. The van der Waals surface area contributed by atoms with Gasteiger partial charge in [-0.15, -0.1) is 0 Å². The van der Waals surface area contributed by atoms with Crippen LogP contribution >= 0.6 is 0 Å². The van der Waals surface area contributed by atoms with Crippen molar-refractivity contribution in [2.45, 2.75) is 19.9 Å². The molecule has 4 nitrogen and oxygen atoms in total. The second-order valence-corrected chi connectivity index (χ2v) is 2.14. The summed E-state index contributed by atoms with van der Waals surface area (Å²) in [6.45, 7) is 3.62. The Morgan fingerprint density at radius 2 is 2.20 bits per heavy atom. The molecule has 0 rings (SSSR count). The molecule has 0 saturated carbocycles. The molecule has 0 aliphatic carbocycles. The van der Waals surface area contributed by atoms with Gasteiger partial charge in [0.1, 0.15) is 11.5 Å². The molecule has 0 amide bonds. The fourth-order valence-corrected chi connectivity index (χ4v) is 0.442. The summed E-state index contributed by atoms with van der Waals surface area (Å²) < 4.78 is 0. The summed E-state index contributed by atoms with van der Waals surface area (Å²) in [7, 11) is 0. The van der Waals surface area contributed by atoms with Crippen molar-refractivity contribution in [1.29, 1.82) is 5.41 Å². The van der Waals surface area contributed by atoms with Crippen LogP contribution in [0.25, 0.3) is 0 Å². The van der Waals surface area contributed by atoms with E-state index in [2.05, 4.69) is 4.99 Å². The van der Waals surface area contributed by atoms with Crippen molar-refractivity contribution in [1.82, 2.24) is 0 Å². The van der Waals surface area contributed by atoms with Gasteiger partial charge in [-0.1, -0.05) is 0 Å². The van der Waals surface area contributed by atoms with Crippen molar-refractivity contribution in [3.63, 3.8) is 0 Å². The van der Waals surface area contributed by atoms with Gasteiger partial charge in [-0.05, 0) is 13.8 Å². The molecule has 0 spiro atoms. The van der Waals surface area contributed by atoms with E-state index in [9.17, 15) is 4.79 Å². The van der Waals surface area contributed by atoms with Crippen molar-refractivity contribution in [3.8, 4) is 0 Å². The number of amidine groups is 1. The summed E-state index contributed by atoms with van der Waals surface area (Å²) in [5, 5.41) is 6.86. The van der Waals surface area contributed by atoms with E-state index in [1.165, 1.54) is 0 Å². The Hall–Kier alpha value is -1.19. The summed E-state index contributed by atoms with van der Waals surface area (Å²) >= 11 is 0. The molecule has 0 aliphatic heterocycles. The second kappa shape index (κ2) is 3.76. The first-order chi connectivity index (χ1) is 4.57. The van der Waals surface area contributed by atoms with Crippen LogP contribution in [0.15, 0.2) is 4.99 Å². The number of nitrogens with two attached hydrogens (primary N) is 1. The third-order valence-electron chi connectivity index (χ3n) is 0.785. The number of nitrogens with zero attached hydrogens (tertiary/aromatic N) is 1. The number of nitrogens with one attached hydrogen (secondary N) is 1. The van der Waals surface area contributed by atoms with Crippen molar-refractivity contribution < 1.29 is 4.79 Å². The predicted molar refractivity (Wildman–Crippen MR) is 40.5 cm³/mol. The molecule has 10 heavy (non-hydrogen) atoms. The molecule has 56 valence electrons. The number of carbonyl (C=O) groups excluding carboxylic acids is 1. The maximum Gasteiger partial charge on any atom is 0.171 e. The molecular weight excluding hydrogens is 130 g/mol. The predicted octanol–water partition coefficient (Wildman–Crippen LogP) is -0.0293. The monoisotopic (exact) mass is 141 g/mol. The van der Waals surface area contributed by atoms with E-state index in [-0.39, 0.29) is 17.6 Å². The average Bonchev–Trinajstić information content (AvgIpc) is 1.81. The summed E-state index contributed by atoms with van der Waals surface area (Å²) in [6, 6.07) is 0.00380. The van der Waals surface area contributed by atoms with Gasteiger partial charge in [0.05, 0.1) is 0 Å². The molecule has 0 aromatic carbocycles. The highest BCUT2D eigenvalue weighted by Gasteiger charge is 2.00. The van der Waals surface area contributed by atoms with Crippen molar-refractivity contribution in [2.24, 2.45) is 10.7 Å². The third-order valence-corrected chi connectivity index (χ3v) is 0.785. The standard InChI is InChI=1S/C6H11N3O/c1-4(2)9-5(3-10)6(7)8/h3-4H,1-2H3,(H3,7,8). The van der Waals surface area contributed by atoms with Crippen molar-refractivity contribution in [3.05, 3.63) is 0 Å². The quantitative estimate of drug-likeness (QED) is 0.329. The van der Waals surface area contributed by atoms with Crippen LogP contribution in [0.1, 0.15) is 13.8 Å². The molecule has 0 bridgehead atoms. The molecule has 0 aromatic rings. The highest BCUT2D eigenvalue weighted by molar-refractivity contribution is 6.60. The molecule has 0 unspecified atom stereocenters. The van der Waals surface area contributed by atoms with Gasteiger partial charge in [0.2, 0.25) is 0 Å². The first-order valence-electron chi connectivity index (χ1n) is 2.95. The van der Waals surface area contributed by atoms with Crippen LogP contribution in [-0.2, 0) is 4.79 Å². The number of hydrogen-bond donors (Lipinski definition) is 2. The zero-order valence-electron chi connectivity index (χ0n) is 6.09. The smallest absolute Gasteiger partial charge is 0.171 e. The lowest BCUT2D eigenvalue weighted by Crippen LogP contribution is -2.24. The summed E-state index contributed by atoms with van der Waals surface area (Å²) in [5.41, 5.74) is 5.04. The lowest BCUT2D eigenvalue weighted by atomic mass is 10.3. The Balaban J connectivity index is 4.33. The molecule has 3 N–H and O–H groups in total. The Morgan fingerprint density at radius 1 is 1.70 bits per heavy atom. The fourth-order valence-electron chi connectivity index (χ4n) is 0.442. The number of rotatable bonds is 3. The number of hydrogen-bond acceptors (Lipinski definition) is 3. The minimum Gasteiger partial charge on any atom is -0.382 e. The van der Waals surface area contributed by atoms with Gasteiger partial charge in [-0.25, -0.2) is 0 Å². The Kier molecular flexibility index (Phi) is 3.32. The van der Waals surface area contributed by atoms with Crippen LogP contribution in [0.2, 0.25) is 0 Å².